The van der Waals surface area contributed by atoms with Gasteiger partial charge < -0.3 is 10.1 Å². The van der Waals surface area contributed by atoms with Crippen molar-refractivity contribution in [1.82, 2.24) is 5.32 Å². The van der Waals surface area contributed by atoms with E-state index in [9.17, 15) is 0 Å². The topological polar surface area (TPSA) is 21.3 Å². The van der Waals surface area contributed by atoms with Crippen molar-refractivity contribution in [1.29, 1.82) is 0 Å². The molecule has 0 saturated heterocycles. The minimum absolute atomic E-state index is 0.133. The summed E-state index contributed by atoms with van der Waals surface area (Å²) in [6, 6.07) is 13.6. The highest BCUT2D eigenvalue weighted by Gasteiger charge is 2.13. The van der Waals surface area contributed by atoms with Crippen LogP contribution in [0, 0.1) is 0 Å². The van der Waals surface area contributed by atoms with Gasteiger partial charge in [-0.1, -0.05) is 48.3 Å². The van der Waals surface area contributed by atoms with Crippen molar-refractivity contribution in [2.24, 2.45) is 0 Å². The molecule has 0 saturated carbocycles. The predicted octanol–water partition coefficient (Wildman–Crippen LogP) is 5.85. The molecule has 0 amide bonds. The van der Waals surface area contributed by atoms with Gasteiger partial charge in [0.05, 0.1) is 0 Å². The van der Waals surface area contributed by atoms with E-state index in [0.29, 0.717) is 16.7 Å². The van der Waals surface area contributed by atoms with Crippen LogP contribution in [0.5, 0.6) is 5.75 Å². The highest BCUT2D eigenvalue weighted by molar-refractivity contribution is 6.35. The molecule has 0 aliphatic rings. The van der Waals surface area contributed by atoms with Gasteiger partial charge in [-0.25, -0.2) is 0 Å². The molecule has 0 heterocycles. The second kappa shape index (κ2) is 8.05. The van der Waals surface area contributed by atoms with E-state index in [4.69, 9.17) is 27.9 Å². The number of ether oxygens (including phenoxy) is 1. The number of benzene rings is 2. The summed E-state index contributed by atoms with van der Waals surface area (Å²) in [5.41, 5.74) is 2.26. The molecule has 0 aromatic heterocycles. The summed E-state index contributed by atoms with van der Waals surface area (Å²) in [4.78, 5) is 0. The first kappa shape index (κ1) is 18.1. The summed E-state index contributed by atoms with van der Waals surface area (Å²) in [5.74, 6) is 0.838. The Hall–Kier alpha value is -1.22. The van der Waals surface area contributed by atoms with Crippen LogP contribution in [-0.4, -0.2) is 5.54 Å². The molecule has 0 aliphatic heterocycles. The van der Waals surface area contributed by atoms with E-state index < -0.39 is 0 Å². The summed E-state index contributed by atoms with van der Waals surface area (Å²) in [6.07, 6.45) is 1.08. The number of nitrogens with one attached hydrogen (secondary N) is 1. The van der Waals surface area contributed by atoms with E-state index in [1.807, 2.05) is 24.3 Å². The van der Waals surface area contributed by atoms with Crippen molar-refractivity contribution in [2.75, 3.05) is 0 Å². The van der Waals surface area contributed by atoms with Gasteiger partial charge in [-0.05, 0) is 50.1 Å². The van der Waals surface area contributed by atoms with Crippen LogP contribution in [0.1, 0.15) is 38.3 Å². The monoisotopic (exact) mass is 351 g/mol. The van der Waals surface area contributed by atoms with Crippen molar-refractivity contribution >= 4 is 23.2 Å². The zero-order chi connectivity index (χ0) is 16.9. The first-order valence-corrected chi connectivity index (χ1v) is 8.56. The molecule has 0 unspecified atom stereocenters. The maximum Gasteiger partial charge on any atom is 0.120 e. The summed E-state index contributed by atoms with van der Waals surface area (Å²) in [5, 5.41) is 4.80. The lowest BCUT2D eigenvalue weighted by Crippen LogP contribution is -2.37. The molecular weight excluding hydrogens is 329 g/mol. The Kier molecular flexibility index (Phi) is 6.34. The first-order valence-electron chi connectivity index (χ1n) is 7.80. The van der Waals surface area contributed by atoms with Crippen LogP contribution in [0.25, 0.3) is 0 Å². The molecule has 0 radical (unpaired) electrons. The lowest BCUT2D eigenvalue weighted by atomic mass is 10.0. The van der Waals surface area contributed by atoms with Crippen LogP contribution in [0.4, 0.5) is 0 Å². The molecule has 2 aromatic rings. The molecule has 0 atom stereocenters. The van der Waals surface area contributed by atoms with Gasteiger partial charge in [-0.15, -0.1) is 0 Å². The third-order valence-electron chi connectivity index (χ3n) is 3.96. The quantitative estimate of drug-likeness (QED) is 0.675. The zero-order valence-corrected chi connectivity index (χ0v) is 15.3. The third kappa shape index (κ3) is 5.72. The van der Waals surface area contributed by atoms with Crippen LogP contribution in [-0.2, 0) is 13.2 Å². The van der Waals surface area contributed by atoms with Crippen LogP contribution < -0.4 is 10.1 Å². The fraction of sp³-hybridized carbons (Fsp3) is 0.368. The van der Waals surface area contributed by atoms with Gasteiger partial charge in [-0.3, -0.25) is 0 Å². The Morgan fingerprint density at radius 3 is 2.57 bits per heavy atom. The molecular formula is C19H23Cl2NO. The van der Waals surface area contributed by atoms with Crippen LogP contribution in [0.3, 0.4) is 0 Å². The summed E-state index contributed by atoms with van der Waals surface area (Å²) in [7, 11) is 0. The zero-order valence-electron chi connectivity index (χ0n) is 13.8. The van der Waals surface area contributed by atoms with Crippen molar-refractivity contribution < 1.29 is 4.74 Å². The minimum Gasteiger partial charge on any atom is -0.489 e. The fourth-order valence-corrected chi connectivity index (χ4v) is 2.47. The summed E-state index contributed by atoms with van der Waals surface area (Å²) in [6.45, 7) is 7.83. The summed E-state index contributed by atoms with van der Waals surface area (Å²) < 4.78 is 5.86. The Morgan fingerprint density at radius 1 is 1.09 bits per heavy atom. The smallest absolute Gasteiger partial charge is 0.120 e. The van der Waals surface area contributed by atoms with E-state index in [1.165, 1.54) is 5.56 Å². The normalized spacial score (nSPS) is 11.5. The van der Waals surface area contributed by atoms with Gasteiger partial charge >= 0.3 is 0 Å². The molecule has 0 aliphatic carbocycles. The SMILES string of the molecule is CCC(C)(C)NCc1cccc(OCc2ccc(Cl)cc2Cl)c1. The maximum atomic E-state index is 6.17. The number of hydrogen-bond donors (Lipinski definition) is 1. The molecule has 1 N–H and O–H groups in total. The third-order valence-corrected chi connectivity index (χ3v) is 4.55. The van der Waals surface area contributed by atoms with E-state index in [2.05, 4.69) is 38.2 Å². The molecule has 4 heteroatoms. The standard InChI is InChI=1S/C19H23Cl2NO/c1-4-19(2,3)22-12-14-6-5-7-17(10-14)23-13-15-8-9-16(20)11-18(15)21/h5-11,22H,4,12-13H2,1-3H3. The average molecular weight is 352 g/mol. The molecule has 0 bridgehead atoms. The van der Waals surface area contributed by atoms with Crippen LogP contribution >= 0.6 is 23.2 Å². The predicted molar refractivity (Wildman–Crippen MR) is 98.4 cm³/mol. The average Bonchev–Trinajstić information content (AvgIpc) is 2.53. The number of halogens is 2. The second-order valence-corrected chi connectivity index (χ2v) is 7.11. The number of rotatable bonds is 7. The molecule has 2 aromatic carbocycles. The van der Waals surface area contributed by atoms with Crippen molar-refractivity contribution in [2.45, 2.75) is 45.9 Å². The Balaban J connectivity index is 1.97. The lowest BCUT2D eigenvalue weighted by Gasteiger charge is -2.24. The van der Waals surface area contributed by atoms with Gasteiger partial charge in [0, 0.05) is 27.7 Å². The molecule has 2 nitrogen and oxygen atoms in total. The van der Waals surface area contributed by atoms with Gasteiger partial charge in [0.1, 0.15) is 12.4 Å². The molecule has 0 fully saturated rings. The minimum atomic E-state index is 0.133. The van der Waals surface area contributed by atoms with Crippen molar-refractivity contribution in [3.05, 3.63) is 63.6 Å². The van der Waals surface area contributed by atoms with Crippen LogP contribution in [0.2, 0.25) is 10.0 Å². The van der Waals surface area contributed by atoms with Crippen molar-refractivity contribution in [3.63, 3.8) is 0 Å². The fourth-order valence-electron chi connectivity index (χ4n) is 2.01. The highest BCUT2D eigenvalue weighted by atomic mass is 35.5. The Morgan fingerprint density at radius 2 is 1.87 bits per heavy atom. The number of hydrogen-bond acceptors (Lipinski definition) is 2. The van der Waals surface area contributed by atoms with Gasteiger partial charge in [0.15, 0.2) is 0 Å². The van der Waals surface area contributed by atoms with E-state index in [1.54, 1.807) is 6.07 Å². The summed E-state index contributed by atoms with van der Waals surface area (Å²) >= 11 is 12.1. The van der Waals surface area contributed by atoms with E-state index in [0.717, 1.165) is 24.3 Å². The Labute approximate surface area is 148 Å². The van der Waals surface area contributed by atoms with Gasteiger partial charge in [0.2, 0.25) is 0 Å². The van der Waals surface area contributed by atoms with E-state index in [-0.39, 0.29) is 5.54 Å². The largest absolute Gasteiger partial charge is 0.489 e. The molecule has 2 rings (SSSR count). The maximum absolute atomic E-state index is 6.17. The van der Waals surface area contributed by atoms with Gasteiger partial charge in [-0.2, -0.15) is 0 Å². The molecule has 0 spiro atoms. The Bertz CT molecular complexity index is 656. The van der Waals surface area contributed by atoms with E-state index >= 15 is 0 Å². The highest BCUT2D eigenvalue weighted by Crippen LogP contribution is 2.23. The first-order chi connectivity index (χ1) is 10.9. The molecule has 23 heavy (non-hydrogen) atoms. The van der Waals surface area contributed by atoms with Crippen LogP contribution in [0.15, 0.2) is 42.5 Å². The van der Waals surface area contributed by atoms with Crippen molar-refractivity contribution in [3.8, 4) is 5.75 Å². The second-order valence-electron chi connectivity index (χ2n) is 6.26. The van der Waals surface area contributed by atoms with Gasteiger partial charge in [0.25, 0.3) is 0 Å². The lowest BCUT2D eigenvalue weighted by molar-refractivity contribution is 0.305. The molecule has 124 valence electrons.